The lowest BCUT2D eigenvalue weighted by molar-refractivity contribution is -0.136. The number of nitrogens with zero attached hydrogens (tertiary/aromatic N) is 1. The number of nitrogens with one attached hydrogen (secondary N) is 2. The average Bonchev–Trinajstić information content (AvgIpc) is 3.55. The molecule has 3 atom stereocenters. The fourth-order valence-electron chi connectivity index (χ4n) is 4.48. The largest absolute Gasteiger partial charge is 0.378 e. The summed E-state index contributed by atoms with van der Waals surface area (Å²) in [5, 5.41) is 6.55. The Morgan fingerprint density at radius 1 is 1.14 bits per heavy atom. The number of halogens is 1. The van der Waals surface area contributed by atoms with Crippen molar-refractivity contribution in [3.63, 3.8) is 0 Å². The summed E-state index contributed by atoms with van der Waals surface area (Å²) >= 11 is 1.64. The van der Waals surface area contributed by atoms with E-state index < -0.39 is 11.9 Å². The fourth-order valence-corrected chi connectivity index (χ4v) is 5.35. The van der Waals surface area contributed by atoms with Crippen molar-refractivity contribution in [2.45, 2.75) is 37.8 Å². The van der Waals surface area contributed by atoms with Gasteiger partial charge in [-0.1, -0.05) is 29.8 Å². The molecule has 0 radical (unpaired) electrons. The zero-order valence-electron chi connectivity index (χ0n) is 20.4. The zero-order valence-corrected chi connectivity index (χ0v) is 21.2. The van der Waals surface area contributed by atoms with Gasteiger partial charge in [0.1, 0.15) is 11.9 Å². The molecule has 1 saturated heterocycles. The van der Waals surface area contributed by atoms with Crippen molar-refractivity contribution in [3.05, 3.63) is 71.0 Å². The second kappa shape index (κ2) is 11.5. The second-order valence-electron chi connectivity index (χ2n) is 9.56. The van der Waals surface area contributed by atoms with Crippen molar-refractivity contribution in [1.29, 1.82) is 0 Å². The minimum Gasteiger partial charge on any atom is -0.378 e. The summed E-state index contributed by atoms with van der Waals surface area (Å²) in [6.07, 6.45) is 1.12. The molecule has 0 spiro atoms. The van der Waals surface area contributed by atoms with Gasteiger partial charge >= 0.3 is 0 Å². The van der Waals surface area contributed by atoms with Crippen molar-refractivity contribution in [2.24, 2.45) is 0 Å². The number of hydrogen-bond acceptors (Lipinski definition) is 5. The fraction of sp³-hybridized carbons (Fsp3) is 0.481. The third kappa shape index (κ3) is 6.84. The predicted octanol–water partition coefficient (Wildman–Crippen LogP) is 3.36. The lowest BCUT2D eigenvalue weighted by Gasteiger charge is -2.30. The Labute approximate surface area is 211 Å². The smallest absolute Gasteiger partial charge is 0.251 e. The van der Waals surface area contributed by atoms with Crippen LogP contribution in [0, 0.1) is 12.7 Å². The number of benzene rings is 2. The summed E-state index contributed by atoms with van der Waals surface area (Å²) in [6, 6.07) is 13.5. The topological polar surface area (TPSA) is 70.7 Å². The van der Waals surface area contributed by atoms with Gasteiger partial charge < -0.3 is 20.3 Å². The predicted molar refractivity (Wildman–Crippen MR) is 137 cm³/mol. The van der Waals surface area contributed by atoms with E-state index in [4.69, 9.17) is 4.74 Å². The normalized spacial score (nSPS) is 22.5. The highest BCUT2D eigenvalue weighted by Gasteiger charge is 2.50. The summed E-state index contributed by atoms with van der Waals surface area (Å²) in [4.78, 5) is 27.6. The summed E-state index contributed by atoms with van der Waals surface area (Å²) < 4.78 is 18.6. The van der Waals surface area contributed by atoms with E-state index in [9.17, 15) is 14.0 Å². The number of carbonyl (C=O) groups is 2. The number of ether oxygens (including phenoxy) is 1. The Balaban J connectivity index is 1.27. The van der Waals surface area contributed by atoms with Crippen molar-refractivity contribution < 1.29 is 18.7 Å². The third-order valence-electron chi connectivity index (χ3n) is 6.81. The highest BCUT2D eigenvalue weighted by molar-refractivity contribution is 7.99. The molecule has 2 amide bonds. The van der Waals surface area contributed by atoms with Crippen LogP contribution in [-0.2, 0) is 9.53 Å². The first-order chi connectivity index (χ1) is 16.9. The maximum absolute atomic E-state index is 13.2. The minimum absolute atomic E-state index is 0.0992. The molecule has 1 saturated carbocycles. The van der Waals surface area contributed by atoms with Gasteiger partial charge in [-0.3, -0.25) is 9.59 Å². The van der Waals surface area contributed by atoms with Gasteiger partial charge in [0, 0.05) is 48.2 Å². The molecule has 188 valence electrons. The lowest BCUT2D eigenvalue weighted by atomic mass is 10.1. The molecule has 2 N–H and O–H groups in total. The van der Waals surface area contributed by atoms with E-state index in [1.807, 2.05) is 0 Å². The van der Waals surface area contributed by atoms with Gasteiger partial charge in [0.2, 0.25) is 5.91 Å². The van der Waals surface area contributed by atoms with Crippen molar-refractivity contribution >= 4 is 23.6 Å². The molecule has 2 aromatic carbocycles. The number of amides is 2. The first-order valence-electron chi connectivity index (χ1n) is 12.2. The Morgan fingerprint density at radius 3 is 2.51 bits per heavy atom. The highest BCUT2D eigenvalue weighted by Crippen LogP contribution is 2.51. The maximum Gasteiger partial charge on any atom is 0.251 e. The Kier molecular flexibility index (Phi) is 8.46. The van der Waals surface area contributed by atoms with Crippen LogP contribution in [0.2, 0.25) is 0 Å². The molecule has 8 heteroatoms. The quantitative estimate of drug-likeness (QED) is 0.491. The first kappa shape index (κ1) is 25.7. The van der Waals surface area contributed by atoms with Gasteiger partial charge in [-0.25, -0.2) is 4.39 Å². The number of carbonyl (C=O) groups excluding carboxylic acids is 2. The number of rotatable bonds is 10. The van der Waals surface area contributed by atoms with Crippen LogP contribution >= 0.6 is 11.8 Å². The van der Waals surface area contributed by atoms with E-state index in [1.165, 1.54) is 35.4 Å². The highest BCUT2D eigenvalue weighted by atomic mass is 32.2. The summed E-state index contributed by atoms with van der Waals surface area (Å²) in [5.74, 6) is 0.955. The molecule has 6 nitrogen and oxygen atoms in total. The zero-order chi connectivity index (χ0) is 24.8. The summed E-state index contributed by atoms with van der Waals surface area (Å²) in [7, 11) is 0. The van der Waals surface area contributed by atoms with Crippen molar-refractivity contribution in [2.75, 3.05) is 44.4 Å². The lowest BCUT2D eigenvalue weighted by Crippen LogP contribution is -2.53. The van der Waals surface area contributed by atoms with Crippen LogP contribution in [0.4, 0.5) is 4.39 Å². The Bertz CT molecular complexity index is 1010. The van der Waals surface area contributed by atoms with E-state index in [2.05, 4.69) is 48.7 Å². The van der Waals surface area contributed by atoms with E-state index in [-0.39, 0.29) is 17.4 Å². The van der Waals surface area contributed by atoms with Crippen LogP contribution in [0.25, 0.3) is 0 Å². The van der Waals surface area contributed by atoms with Gasteiger partial charge in [-0.15, -0.1) is 0 Å². The van der Waals surface area contributed by atoms with Crippen molar-refractivity contribution in [1.82, 2.24) is 15.5 Å². The molecular weight excluding hydrogens is 465 g/mol. The van der Waals surface area contributed by atoms with Crippen molar-refractivity contribution in [3.8, 4) is 0 Å². The Hall–Kier alpha value is -2.42. The van der Waals surface area contributed by atoms with Crippen LogP contribution in [0.5, 0.6) is 0 Å². The second-order valence-corrected chi connectivity index (χ2v) is 10.7. The standard InChI is InChI=1S/C27H34FN3O3S/c1-19-3-5-20(6-4-19)23-17-27(23,2)29-11-16-35-18-24(26(33)31-12-14-34-15-13-31)30-25(32)21-7-9-22(28)10-8-21/h3-10,23-24,29H,11-18H2,1-2H3,(H,30,32)/t23-,24-,27?/m0/s1. The minimum atomic E-state index is -0.646. The average molecular weight is 500 g/mol. The van der Waals surface area contributed by atoms with E-state index in [0.29, 0.717) is 43.5 Å². The number of aryl methyl sites for hydroxylation is 1. The third-order valence-corrected chi connectivity index (χ3v) is 7.87. The first-order valence-corrected chi connectivity index (χ1v) is 13.3. The van der Waals surface area contributed by atoms with Gasteiger partial charge in [0.15, 0.2) is 0 Å². The molecule has 1 unspecified atom stereocenters. The molecule has 2 aliphatic rings. The molecule has 0 aromatic heterocycles. The van der Waals surface area contributed by atoms with E-state index in [1.54, 1.807) is 16.7 Å². The molecule has 4 rings (SSSR count). The van der Waals surface area contributed by atoms with Gasteiger partial charge in [-0.2, -0.15) is 11.8 Å². The van der Waals surface area contributed by atoms with Crippen LogP contribution in [-0.4, -0.2) is 72.6 Å². The Morgan fingerprint density at radius 2 is 1.83 bits per heavy atom. The molecular formula is C27H34FN3O3S. The van der Waals surface area contributed by atoms with Gasteiger partial charge in [-0.05, 0) is 50.1 Å². The molecule has 35 heavy (non-hydrogen) atoms. The molecule has 0 bridgehead atoms. The molecule has 2 aromatic rings. The SMILES string of the molecule is Cc1ccc([C@@H]2CC2(C)NCCSC[C@H](NC(=O)c2ccc(F)cc2)C(=O)N2CCOCC2)cc1. The monoisotopic (exact) mass is 499 g/mol. The molecule has 1 aliphatic carbocycles. The summed E-state index contributed by atoms with van der Waals surface area (Å²) in [5.41, 5.74) is 3.09. The van der Waals surface area contributed by atoms with Crippen LogP contribution in [0.3, 0.4) is 0 Å². The van der Waals surface area contributed by atoms with Crippen LogP contribution in [0.1, 0.15) is 40.7 Å². The van der Waals surface area contributed by atoms with Gasteiger partial charge in [0.05, 0.1) is 13.2 Å². The van der Waals surface area contributed by atoms with E-state index >= 15 is 0 Å². The number of hydrogen-bond donors (Lipinski definition) is 2. The molecule has 2 fully saturated rings. The van der Waals surface area contributed by atoms with Crippen LogP contribution in [0.15, 0.2) is 48.5 Å². The maximum atomic E-state index is 13.2. The van der Waals surface area contributed by atoms with Gasteiger partial charge in [0.25, 0.3) is 5.91 Å². The number of thioether (sulfide) groups is 1. The summed E-state index contributed by atoms with van der Waals surface area (Å²) in [6.45, 7) is 7.23. The van der Waals surface area contributed by atoms with Crippen LogP contribution < -0.4 is 10.6 Å². The molecule has 1 aliphatic heterocycles. The molecule has 1 heterocycles. The number of morpholine rings is 1. The van der Waals surface area contributed by atoms with E-state index in [0.717, 1.165) is 18.7 Å².